The van der Waals surface area contributed by atoms with Crippen molar-refractivity contribution in [2.75, 3.05) is 0 Å². The minimum Gasteiger partial charge on any atom is -0.393 e. The Kier molecular flexibility index (Phi) is 4.83. The molecule has 84 valence electrons. The molecule has 1 nitrogen and oxygen atoms in total. The fraction of sp³-hybridized carbons (Fsp3) is 0.571. The van der Waals surface area contributed by atoms with Gasteiger partial charge in [0.2, 0.25) is 0 Å². The van der Waals surface area contributed by atoms with E-state index in [1.165, 1.54) is 16.7 Å². The molecule has 0 aliphatic carbocycles. The van der Waals surface area contributed by atoms with Crippen molar-refractivity contribution in [3.8, 4) is 0 Å². The fourth-order valence-corrected chi connectivity index (χ4v) is 1.80. The molecule has 0 aliphatic heterocycles. The molecular formula is C14H22O. The van der Waals surface area contributed by atoms with Crippen LogP contribution in [0.5, 0.6) is 0 Å². The molecule has 1 unspecified atom stereocenters. The van der Waals surface area contributed by atoms with E-state index in [0.717, 1.165) is 25.7 Å². The van der Waals surface area contributed by atoms with Gasteiger partial charge in [-0.2, -0.15) is 0 Å². The molecule has 1 N–H and O–H groups in total. The van der Waals surface area contributed by atoms with Gasteiger partial charge in [-0.3, -0.25) is 0 Å². The summed E-state index contributed by atoms with van der Waals surface area (Å²) in [4.78, 5) is 0. The molecule has 1 aromatic carbocycles. The highest BCUT2D eigenvalue weighted by Crippen LogP contribution is 2.14. The van der Waals surface area contributed by atoms with Crippen molar-refractivity contribution < 1.29 is 5.11 Å². The average molecular weight is 206 g/mol. The third-order valence-corrected chi connectivity index (χ3v) is 2.96. The van der Waals surface area contributed by atoms with Crippen LogP contribution in [0.2, 0.25) is 0 Å². The molecular weight excluding hydrogens is 184 g/mol. The summed E-state index contributed by atoms with van der Waals surface area (Å²) in [6.07, 6.45) is 3.84. The van der Waals surface area contributed by atoms with E-state index in [0.29, 0.717) is 0 Å². The van der Waals surface area contributed by atoms with E-state index in [9.17, 15) is 5.11 Å². The van der Waals surface area contributed by atoms with Crippen LogP contribution >= 0.6 is 0 Å². The van der Waals surface area contributed by atoms with E-state index in [1.54, 1.807) is 0 Å². The van der Waals surface area contributed by atoms with E-state index < -0.39 is 0 Å². The third kappa shape index (κ3) is 4.05. The number of aliphatic hydroxyl groups is 1. The summed E-state index contributed by atoms with van der Waals surface area (Å²) in [6, 6.07) is 6.59. The van der Waals surface area contributed by atoms with Crippen LogP contribution in [0.15, 0.2) is 18.2 Å². The molecule has 1 atom stereocenters. The lowest BCUT2D eigenvalue weighted by Gasteiger charge is -2.09. The molecule has 0 saturated heterocycles. The summed E-state index contributed by atoms with van der Waals surface area (Å²) >= 11 is 0. The molecule has 0 spiro atoms. The van der Waals surface area contributed by atoms with Crippen molar-refractivity contribution in [2.45, 2.75) is 52.6 Å². The third-order valence-electron chi connectivity index (χ3n) is 2.96. The zero-order chi connectivity index (χ0) is 11.3. The van der Waals surface area contributed by atoms with E-state index in [-0.39, 0.29) is 6.10 Å². The van der Waals surface area contributed by atoms with E-state index >= 15 is 0 Å². The van der Waals surface area contributed by atoms with Crippen LogP contribution in [-0.4, -0.2) is 11.2 Å². The topological polar surface area (TPSA) is 20.2 Å². The number of benzene rings is 1. The van der Waals surface area contributed by atoms with Gasteiger partial charge in [-0.25, -0.2) is 0 Å². The molecule has 1 aromatic rings. The molecule has 1 rings (SSSR count). The quantitative estimate of drug-likeness (QED) is 0.783. The van der Waals surface area contributed by atoms with Gasteiger partial charge in [-0.15, -0.1) is 0 Å². The van der Waals surface area contributed by atoms with Gasteiger partial charge in [0, 0.05) is 0 Å². The molecule has 0 fully saturated rings. The lowest BCUT2D eigenvalue weighted by molar-refractivity contribution is 0.157. The van der Waals surface area contributed by atoms with Crippen molar-refractivity contribution in [1.29, 1.82) is 0 Å². The Hall–Kier alpha value is -0.820. The Bertz CT molecular complexity index is 304. The summed E-state index contributed by atoms with van der Waals surface area (Å²) in [6.45, 7) is 6.32. The molecule has 15 heavy (non-hydrogen) atoms. The van der Waals surface area contributed by atoms with Gasteiger partial charge >= 0.3 is 0 Å². The summed E-state index contributed by atoms with van der Waals surface area (Å²) in [5.41, 5.74) is 4.12. The van der Waals surface area contributed by atoms with Crippen LogP contribution in [0.25, 0.3) is 0 Å². The largest absolute Gasteiger partial charge is 0.393 e. The Morgan fingerprint density at radius 2 is 2.00 bits per heavy atom. The predicted molar refractivity (Wildman–Crippen MR) is 65.2 cm³/mol. The van der Waals surface area contributed by atoms with Gasteiger partial charge in [0.05, 0.1) is 6.10 Å². The highest BCUT2D eigenvalue weighted by atomic mass is 16.3. The van der Waals surface area contributed by atoms with E-state index in [4.69, 9.17) is 0 Å². The number of rotatable bonds is 5. The van der Waals surface area contributed by atoms with Crippen LogP contribution in [-0.2, 0) is 6.42 Å². The number of hydrogen-bond donors (Lipinski definition) is 1. The first-order valence-corrected chi connectivity index (χ1v) is 5.87. The van der Waals surface area contributed by atoms with Crippen LogP contribution in [0, 0.1) is 13.8 Å². The normalized spacial score (nSPS) is 12.8. The standard InChI is InChI=1S/C14H22O/c1-4-14(15)7-5-6-13-10-11(2)8-9-12(13)3/h8-10,14-15H,4-7H2,1-3H3. The van der Waals surface area contributed by atoms with Crippen LogP contribution in [0.4, 0.5) is 0 Å². The summed E-state index contributed by atoms with van der Waals surface area (Å²) in [5, 5.41) is 9.46. The van der Waals surface area contributed by atoms with Gasteiger partial charge in [0.15, 0.2) is 0 Å². The summed E-state index contributed by atoms with van der Waals surface area (Å²) < 4.78 is 0. The van der Waals surface area contributed by atoms with Crippen molar-refractivity contribution in [3.05, 3.63) is 34.9 Å². The molecule has 0 radical (unpaired) electrons. The van der Waals surface area contributed by atoms with Crippen LogP contribution in [0.1, 0.15) is 42.9 Å². The molecule has 1 heteroatoms. The Labute approximate surface area is 93.1 Å². The van der Waals surface area contributed by atoms with Crippen LogP contribution in [0.3, 0.4) is 0 Å². The van der Waals surface area contributed by atoms with Gasteiger partial charge in [0.25, 0.3) is 0 Å². The second kappa shape index (κ2) is 5.92. The van der Waals surface area contributed by atoms with Gasteiger partial charge < -0.3 is 5.11 Å². The smallest absolute Gasteiger partial charge is 0.0537 e. The van der Waals surface area contributed by atoms with E-state index in [2.05, 4.69) is 32.0 Å². The Morgan fingerprint density at radius 1 is 1.27 bits per heavy atom. The minimum absolute atomic E-state index is 0.116. The summed E-state index contributed by atoms with van der Waals surface area (Å²) in [5.74, 6) is 0. The lowest BCUT2D eigenvalue weighted by Crippen LogP contribution is -2.04. The second-order valence-electron chi connectivity index (χ2n) is 4.38. The Balaban J connectivity index is 2.46. The highest BCUT2D eigenvalue weighted by molar-refractivity contribution is 5.30. The first-order valence-electron chi connectivity index (χ1n) is 5.87. The number of aryl methyl sites for hydroxylation is 3. The highest BCUT2D eigenvalue weighted by Gasteiger charge is 2.02. The molecule has 0 amide bonds. The van der Waals surface area contributed by atoms with E-state index in [1.807, 2.05) is 6.92 Å². The van der Waals surface area contributed by atoms with Crippen molar-refractivity contribution >= 4 is 0 Å². The van der Waals surface area contributed by atoms with Gasteiger partial charge in [0.1, 0.15) is 0 Å². The maximum absolute atomic E-state index is 9.46. The van der Waals surface area contributed by atoms with Gasteiger partial charge in [-0.1, -0.05) is 30.7 Å². The van der Waals surface area contributed by atoms with Crippen molar-refractivity contribution in [3.63, 3.8) is 0 Å². The summed E-state index contributed by atoms with van der Waals surface area (Å²) in [7, 11) is 0. The maximum Gasteiger partial charge on any atom is 0.0537 e. The molecule has 0 aliphatic rings. The molecule has 0 aromatic heterocycles. The zero-order valence-corrected chi connectivity index (χ0v) is 10.1. The number of aliphatic hydroxyl groups excluding tert-OH is 1. The molecule has 0 saturated carbocycles. The average Bonchev–Trinajstić information content (AvgIpc) is 2.23. The van der Waals surface area contributed by atoms with Crippen LogP contribution < -0.4 is 0 Å². The molecule has 0 bridgehead atoms. The van der Waals surface area contributed by atoms with Crippen molar-refractivity contribution in [2.24, 2.45) is 0 Å². The SMILES string of the molecule is CCC(O)CCCc1cc(C)ccc1C. The fourth-order valence-electron chi connectivity index (χ4n) is 1.80. The maximum atomic E-state index is 9.46. The predicted octanol–water partition coefficient (Wildman–Crippen LogP) is 3.40. The second-order valence-corrected chi connectivity index (χ2v) is 4.38. The van der Waals surface area contributed by atoms with Gasteiger partial charge in [-0.05, 0) is 50.7 Å². The first-order chi connectivity index (χ1) is 7.13. The first kappa shape index (κ1) is 12.3. The monoisotopic (exact) mass is 206 g/mol. The van der Waals surface area contributed by atoms with Crippen molar-refractivity contribution in [1.82, 2.24) is 0 Å². The Morgan fingerprint density at radius 3 is 2.67 bits per heavy atom. The minimum atomic E-state index is -0.116. The number of hydrogen-bond acceptors (Lipinski definition) is 1. The molecule has 0 heterocycles. The lowest BCUT2D eigenvalue weighted by atomic mass is 9.99. The zero-order valence-electron chi connectivity index (χ0n) is 10.1.